The Kier molecular flexibility index (Phi) is 4.82. The Bertz CT molecular complexity index is 624. The summed E-state index contributed by atoms with van der Waals surface area (Å²) in [7, 11) is 3.24. The smallest absolute Gasteiger partial charge is 0.319 e. The summed E-state index contributed by atoms with van der Waals surface area (Å²) in [4.78, 5) is 35.8. The first-order valence-electron chi connectivity index (χ1n) is 8.13. The summed E-state index contributed by atoms with van der Waals surface area (Å²) >= 11 is 0. The van der Waals surface area contributed by atoms with Crippen molar-refractivity contribution in [3.8, 4) is 11.9 Å². The second-order valence-electron chi connectivity index (χ2n) is 6.22. The zero-order valence-electron chi connectivity index (χ0n) is 14.0. The Morgan fingerprint density at radius 2 is 2.21 bits per heavy atom. The van der Waals surface area contributed by atoms with Crippen LogP contribution in [0.1, 0.15) is 19.3 Å². The fraction of sp³-hybridized carbons (Fsp3) is 0.625. The molecule has 0 radical (unpaired) electrons. The van der Waals surface area contributed by atoms with E-state index in [1.54, 1.807) is 24.2 Å². The van der Waals surface area contributed by atoms with E-state index in [0.29, 0.717) is 31.9 Å². The van der Waals surface area contributed by atoms with Gasteiger partial charge in [-0.3, -0.25) is 9.59 Å². The quantitative estimate of drug-likeness (QED) is 0.789. The lowest BCUT2D eigenvalue weighted by molar-refractivity contribution is -0.138. The lowest BCUT2D eigenvalue weighted by Crippen LogP contribution is -2.47. The van der Waals surface area contributed by atoms with Gasteiger partial charge in [0.1, 0.15) is 6.10 Å². The number of hydrogen-bond acceptors (Lipinski definition) is 6. The first-order chi connectivity index (χ1) is 11.6. The predicted molar refractivity (Wildman–Crippen MR) is 84.6 cm³/mol. The summed E-state index contributed by atoms with van der Waals surface area (Å²) in [5.74, 6) is 0.282. The molecule has 8 heteroatoms. The van der Waals surface area contributed by atoms with Crippen molar-refractivity contribution in [1.29, 1.82) is 0 Å². The molecule has 1 aromatic heterocycles. The van der Waals surface area contributed by atoms with Gasteiger partial charge in [-0.15, -0.1) is 0 Å². The summed E-state index contributed by atoms with van der Waals surface area (Å²) in [5, 5.41) is 0. The Labute approximate surface area is 140 Å². The molecule has 0 N–H and O–H groups in total. The molecule has 2 fully saturated rings. The maximum atomic E-state index is 12.6. The lowest BCUT2D eigenvalue weighted by Gasteiger charge is -2.34. The number of ether oxygens (including phenoxy) is 2. The molecule has 2 aliphatic heterocycles. The molecular weight excluding hydrogens is 312 g/mol. The third-order valence-corrected chi connectivity index (χ3v) is 4.46. The number of amides is 2. The molecule has 130 valence electrons. The van der Waals surface area contributed by atoms with Gasteiger partial charge in [0.2, 0.25) is 17.7 Å². The molecule has 2 unspecified atom stereocenters. The van der Waals surface area contributed by atoms with Crippen LogP contribution >= 0.6 is 0 Å². The molecule has 8 nitrogen and oxygen atoms in total. The summed E-state index contributed by atoms with van der Waals surface area (Å²) in [5.41, 5.74) is 0. The summed E-state index contributed by atoms with van der Waals surface area (Å²) in [6, 6.07) is 1.93. The second-order valence-corrected chi connectivity index (χ2v) is 6.22. The first-order valence-corrected chi connectivity index (χ1v) is 8.13. The minimum atomic E-state index is -0.236. The summed E-state index contributed by atoms with van der Waals surface area (Å²) in [6.45, 7) is 1.72. The van der Waals surface area contributed by atoms with Crippen molar-refractivity contribution in [2.45, 2.75) is 25.4 Å². The molecular formula is C16H22N4O4. The van der Waals surface area contributed by atoms with E-state index in [0.717, 1.165) is 12.8 Å². The third kappa shape index (κ3) is 3.58. The number of aromatic nitrogens is 2. The molecule has 0 spiro atoms. The van der Waals surface area contributed by atoms with E-state index in [1.807, 2.05) is 4.90 Å². The van der Waals surface area contributed by atoms with E-state index in [2.05, 4.69) is 9.97 Å². The Hall–Kier alpha value is -2.38. The topological polar surface area (TPSA) is 84.9 Å². The standard InChI is InChI=1S/C16H22N4O4/c1-19-9-11(8-14(19)21)15(22)20-7-3-4-12(10-20)24-13-5-6-17-16(18-13)23-2/h5-6,11-12H,3-4,7-10H2,1-2H3. The van der Waals surface area contributed by atoms with Crippen molar-refractivity contribution >= 4 is 11.8 Å². The number of nitrogens with zero attached hydrogens (tertiary/aromatic N) is 4. The number of rotatable bonds is 4. The fourth-order valence-corrected chi connectivity index (χ4v) is 3.18. The largest absolute Gasteiger partial charge is 0.472 e. The van der Waals surface area contributed by atoms with Gasteiger partial charge >= 0.3 is 6.01 Å². The molecule has 0 aliphatic carbocycles. The maximum absolute atomic E-state index is 12.6. The SMILES string of the molecule is COc1nccc(OC2CCCN(C(=O)C3CC(=O)N(C)C3)C2)n1. The van der Waals surface area contributed by atoms with Crippen LogP contribution in [-0.4, -0.2) is 71.5 Å². The average molecular weight is 334 g/mol. The van der Waals surface area contributed by atoms with Crippen molar-refractivity contribution < 1.29 is 19.1 Å². The normalized spacial score (nSPS) is 24.2. The molecule has 2 atom stereocenters. The number of carbonyl (C=O) groups is 2. The number of piperidine rings is 1. The molecule has 24 heavy (non-hydrogen) atoms. The predicted octanol–water partition coefficient (Wildman–Crippen LogP) is 0.333. The molecule has 3 heterocycles. The Morgan fingerprint density at radius 3 is 2.92 bits per heavy atom. The van der Waals surface area contributed by atoms with Crippen LogP contribution in [0.3, 0.4) is 0 Å². The molecule has 2 amide bonds. The van der Waals surface area contributed by atoms with Gasteiger partial charge in [0, 0.05) is 38.8 Å². The van der Waals surface area contributed by atoms with Crippen LogP contribution in [0.4, 0.5) is 0 Å². The zero-order valence-corrected chi connectivity index (χ0v) is 14.0. The zero-order chi connectivity index (χ0) is 17.1. The van der Waals surface area contributed by atoms with E-state index in [9.17, 15) is 9.59 Å². The van der Waals surface area contributed by atoms with Crippen LogP contribution in [0.15, 0.2) is 12.3 Å². The van der Waals surface area contributed by atoms with Crippen LogP contribution in [0.5, 0.6) is 11.9 Å². The van der Waals surface area contributed by atoms with Crippen molar-refractivity contribution in [2.24, 2.45) is 5.92 Å². The van der Waals surface area contributed by atoms with Crippen LogP contribution in [0.2, 0.25) is 0 Å². The average Bonchev–Trinajstić information content (AvgIpc) is 2.93. The highest BCUT2D eigenvalue weighted by molar-refractivity contribution is 5.89. The number of carbonyl (C=O) groups excluding carboxylic acids is 2. The van der Waals surface area contributed by atoms with E-state index < -0.39 is 0 Å². The highest BCUT2D eigenvalue weighted by Crippen LogP contribution is 2.23. The van der Waals surface area contributed by atoms with Crippen LogP contribution in [0, 0.1) is 5.92 Å². The van der Waals surface area contributed by atoms with Crippen LogP contribution < -0.4 is 9.47 Å². The van der Waals surface area contributed by atoms with Gasteiger partial charge < -0.3 is 19.3 Å². The maximum Gasteiger partial charge on any atom is 0.319 e. The molecule has 3 rings (SSSR count). The van der Waals surface area contributed by atoms with E-state index in [-0.39, 0.29) is 29.8 Å². The molecule has 0 aromatic carbocycles. The number of methoxy groups -OCH3 is 1. The third-order valence-electron chi connectivity index (χ3n) is 4.46. The molecule has 0 bridgehead atoms. The Morgan fingerprint density at radius 1 is 1.38 bits per heavy atom. The monoisotopic (exact) mass is 334 g/mol. The molecule has 0 saturated carbocycles. The van der Waals surface area contributed by atoms with E-state index in [4.69, 9.17) is 9.47 Å². The highest BCUT2D eigenvalue weighted by Gasteiger charge is 2.36. The fourth-order valence-electron chi connectivity index (χ4n) is 3.18. The summed E-state index contributed by atoms with van der Waals surface area (Å²) in [6.07, 6.45) is 3.50. The minimum Gasteiger partial charge on any atom is -0.472 e. The van der Waals surface area contributed by atoms with Crippen LogP contribution in [0.25, 0.3) is 0 Å². The van der Waals surface area contributed by atoms with E-state index in [1.165, 1.54) is 7.11 Å². The lowest BCUT2D eigenvalue weighted by atomic mass is 10.0. The highest BCUT2D eigenvalue weighted by atomic mass is 16.5. The van der Waals surface area contributed by atoms with Crippen molar-refractivity contribution in [2.75, 3.05) is 33.8 Å². The Balaban J connectivity index is 1.59. The second kappa shape index (κ2) is 7.02. The van der Waals surface area contributed by atoms with Crippen molar-refractivity contribution in [3.05, 3.63) is 12.3 Å². The minimum absolute atomic E-state index is 0.0336. The molecule has 2 aliphatic rings. The van der Waals surface area contributed by atoms with Crippen LogP contribution in [-0.2, 0) is 9.59 Å². The number of hydrogen-bond donors (Lipinski definition) is 0. The van der Waals surface area contributed by atoms with Gasteiger partial charge in [-0.2, -0.15) is 4.98 Å². The van der Waals surface area contributed by atoms with Gasteiger partial charge in [0.15, 0.2) is 0 Å². The van der Waals surface area contributed by atoms with Crippen molar-refractivity contribution in [3.63, 3.8) is 0 Å². The summed E-state index contributed by atoms with van der Waals surface area (Å²) < 4.78 is 10.9. The van der Waals surface area contributed by atoms with Gasteiger partial charge in [-0.25, -0.2) is 4.98 Å². The van der Waals surface area contributed by atoms with Gasteiger partial charge in [0.25, 0.3) is 0 Å². The first kappa shape index (κ1) is 16.5. The van der Waals surface area contributed by atoms with E-state index >= 15 is 0 Å². The van der Waals surface area contributed by atoms with Gasteiger partial charge in [-0.05, 0) is 12.8 Å². The molecule has 1 aromatic rings. The van der Waals surface area contributed by atoms with Gasteiger partial charge in [0.05, 0.1) is 19.6 Å². The van der Waals surface area contributed by atoms with Crippen molar-refractivity contribution in [1.82, 2.24) is 19.8 Å². The molecule has 2 saturated heterocycles. The number of likely N-dealkylation sites (tertiary alicyclic amines) is 2. The van der Waals surface area contributed by atoms with Gasteiger partial charge in [-0.1, -0.05) is 0 Å².